The van der Waals surface area contributed by atoms with Gasteiger partial charge in [-0.3, -0.25) is 9.69 Å². The Bertz CT molecular complexity index is 487. The molecule has 16 heavy (non-hydrogen) atoms. The first-order chi connectivity index (χ1) is 7.54. The third-order valence-corrected chi connectivity index (χ3v) is 3.41. The summed E-state index contributed by atoms with van der Waals surface area (Å²) in [4.78, 5) is 13.4. The summed E-state index contributed by atoms with van der Waals surface area (Å²) in [5.41, 5.74) is 1.27. The first-order valence-electron chi connectivity index (χ1n) is 4.99. The molecule has 0 saturated carbocycles. The Balaban J connectivity index is 2.46. The number of alkyl halides is 1. The highest BCUT2D eigenvalue weighted by molar-refractivity contribution is 9.09. The highest BCUT2D eigenvalue weighted by atomic mass is 79.9. The average Bonchev–Trinajstić information content (AvgIpc) is 2.69. The zero-order valence-electron chi connectivity index (χ0n) is 9.08. The van der Waals surface area contributed by atoms with Crippen molar-refractivity contribution >= 4 is 27.7 Å². The van der Waals surface area contributed by atoms with Crippen molar-refractivity contribution in [3.05, 3.63) is 16.9 Å². The van der Waals surface area contributed by atoms with Crippen LogP contribution >= 0.6 is 15.9 Å². The van der Waals surface area contributed by atoms with Gasteiger partial charge < -0.3 is 4.42 Å². The fourth-order valence-corrected chi connectivity index (χ4v) is 2.36. The van der Waals surface area contributed by atoms with Crippen LogP contribution in [0.25, 0.3) is 0 Å². The molecule has 0 aliphatic carbocycles. The van der Waals surface area contributed by atoms with Crippen molar-refractivity contribution in [2.24, 2.45) is 0 Å². The van der Waals surface area contributed by atoms with E-state index in [0.717, 1.165) is 5.56 Å². The fourth-order valence-electron chi connectivity index (χ4n) is 1.79. The summed E-state index contributed by atoms with van der Waals surface area (Å²) in [6, 6.07) is 2.09. The molecule has 1 unspecified atom stereocenters. The molecule has 1 aliphatic heterocycles. The number of amides is 1. The molecule has 84 valence electrons. The smallest absolute Gasteiger partial charge is 0.230 e. The van der Waals surface area contributed by atoms with Crippen LogP contribution in [-0.4, -0.2) is 17.3 Å². The van der Waals surface area contributed by atoms with Gasteiger partial charge in [-0.2, -0.15) is 5.26 Å². The molecule has 1 fully saturated rings. The van der Waals surface area contributed by atoms with E-state index >= 15 is 0 Å². The number of rotatable bonds is 1. The SMILES string of the molecule is Cc1oc(N2CC(Br)CC2=O)c(C#N)c1C. The third-order valence-electron chi connectivity index (χ3n) is 2.80. The lowest BCUT2D eigenvalue weighted by Crippen LogP contribution is -2.24. The maximum absolute atomic E-state index is 11.7. The molecule has 1 aromatic heterocycles. The van der Waals surface area contributed by atoms with E-state index in [2.05, 4.69) is 22.0 Å². The highest BCUT2D eigenvalue weighted by Gasteiger charge is 2.33. The van der Waals surface area contributed by atoms with E-state index in [1.54, 1.807) is 6.92 Å². The van der Waals surface area contributed by atoms with E-state index < -0.39 is 0 Å². The van der Waals surface area contributed by atoms with E-state index in [1.165, 1.54) is 4.90 Å². The lowest BCUT2D eigenvalue weighted by Gasteiger charge is -2.12. The minimum Gasteiger partial charge on any atom is -0.444 e. The summed E-state index contributed by atoms with van der Waals surface area (Å²) in [5.74, 6) is 1.08. The normalized spacial score (nSPS) is 20.2. The maximum atomic E-state index is 11.7. The number of aryl methyl sites for hydroxylation is 1. The number of anilines is 1. The van der Waals surface area contributed by atoms with Crippen molar-refractivity contribution in [1.29, 1.82) is 5.26 Å². The van der Waals surface area contributed by atoms with E-state index in [0.29, 0.717) is 30.2 Å². The quantitative estimate of drug-likeness (QED) is 0.743. The van der Waals surface area contributed by atoms with Crippen LogP contribution in [0, 0.1) is 25.2 Å². The molecule has 1 saturated heterocycles. The topological polar surface area (TPSA) is 57.2 Å². The molecule has 1 atom stereocenters. The zero-order chi connectivity index (χ0) is 11.9. The van der Waals surface area contributed by atoms with Gasteiger partial charge in [-0.15, -0.1) is 0 Å². The van der Waals surface area contributed by atoms with E-state index in [-0.39, 0.29) is 10.7 Å². The predicted molar refractivity (Wildman–Crippen MR) is 62.6 cm³/mol. The minimum absolute atomic E-state index is 0.00729. The second kappa shape index (κ2) is 3.95. The molecular formula is C11H11BrN2O2. The minimum atomic E-state index is -0.00729. The lowest BCUT2D eigenvalue weighted by atomic mass is 10.2. The molecule has 0 aromatic carbocycles. The summed E-state index contributed by atoms with van der Waals surface area (Å²) in [6.45, 7) is 4.18. The molecule has 0 N–H and O–H groups in total. The van der Waals surface area contributed by atoms with Crippen molar-refractivity contribution in [3.63, 3.8) is 0 Å². The summed E-state index contributed by atoms with van der Waals surface area (Å²) in [7, 11) is 0. The Labute approximate surface area is 102 Å². The molecule has 1 amide bonds. The average molecular weight is 283 g/mol. The summed E-state index contributed by atoms with van der Waals surface area (Å²) in [5, 5.41) is 9.07. The van der Waals surface area contributed by atoms with Gasteiger partial charge in [0.15, 0.2) is 0 Å². The summed E-state index contributed by atoms with van der Waals surface area (Å²) < 4.78 is 5.50. The van der Waals surface area contributed by atoms with Gasteiger partial charge in [0.2, 0.25) is 11.8 Å². The zero-order valence-corrected chi connectivity index (χ0v) is 10.7. The Morgan fingerprint density at radius 3 is 2.75 bits per heavy atom. The Morgan fingerprint density at radius 1 is 1.56 bits per heavy atom. The van der Waals surface area contributed by atoms with Crippen LogP contribution in [0.4, 0.5) is 5.88 Å². The molecule has 0 radical (unpaired) electrons. The van der Waals surface area contributed by atoms with Gasteiger partial charge in [0.05, 0.1) is 0 Å². The van der Waals surface area contributed by atoms with Gasteiger partial charge in [-0.25, -0.2) is 0 Å². The van der Waals surface area contributed by atoms with Gasteiger partial charge in [0.25, 0.3) is 0 Å². The number of hydrogen-bond acceptors (Lipinski definition) is 3. The molecule has 0 bridgehead atoms. The summed E-state index contributed by atoms with van der Waals surface area (Å²) in [6.07, 6.45) is 0.448. The van der Waals surface area contributed by atoms with E-state index in [9.17, 15) is 4.79 Å². The Morgan fingerprint density at radius 2 is 2.25 bits per heavy atom. The molecular weight excluding hydrogens is 272 g/mol. The van der Waals surface area contributed by atoms with Crippen molar-refractivity contribution < 1.29 is 9.21 Å². The number of carbonyl (C=O) groups excluding carboxylic acids is 1. The molecule has 2 heterocycles. The van der Waals surface area contributed by atoms with Gasteiger partial charge in [-0.1, -0.05) is 15.9 Å². The van der Waals surface area contributed by atoms with Crippen LogP contribution in [0.2, 0.25) is 0 Å². The molecule has 1 aliphatic rings. The maximum Gasteiger partial charge on any atom is 0.230 e. The van der Waals surface area contributed by atoms with E-state index in [4.69, 9.17) is 9.68 Å². The van der Waals surface area contributed by atoms with Crippen molar-refractivity contribution in [2.75, 3.05) is 11.4 Å². The van der Waals surface area contributed by atoms with Crippen LogP contribution in [0.5, 0.6) is 0 Å². The molecule has 1 aromatic rings. The van der Waals surface area contributed by atoms with Crippen molar-refractivity contribution in [1.82, 2.24) is 0 Å². The fraction of sp³-hybridized carbons (Fsp3) is 0.455. The number of carbonyl (C=O) groups is 1. The Kier molecular flexibility index (Phi) is 2.76. The number of hydrogen-bond donors (Lipinski definition) is 0. The van der Waals surface area contributed by atoms with Crippen molar-refractivity contribution in [2.45, 2.75) is 25.1 Å². The summed E-state index contributed by atoms with van der Waals surface area (Å²) >= 11 is 3.40. The molecule has 0 spiro atoms. The number of nitrogens with zero attached hydrogens (tertiary/aromatic N) is 2. The van der Waals surface area contributed by atoms with Gasteiger partial charge >= 0.3 is 0 Å². The largest absolute Gasteiger partial charge is 0.444 e. The number of nitriles is 1. The second-order valence-electron chi connectivity index (χ2n) is 3.88. The standard InChI is InChI=1S/C11H11BrN2O2/c1-6-7(2)16-11(9(6)4-13)14-5-8(12)3-10(14)15/h8H,3,5H2,1-2H3. The predicted octanol–water partition coefficient (Wildman–Crippen LogP) is 2.27. The Hall–Kier alpha value is -1.28. The van der Waals surface area contributed by atoms with Crippen molar-refractivity contribution in [3.8, 4) is 6.07 Å². The highest BCUT2D eigenvalue weighted by Crippen LogP contribution is 2.32. The molecule has 5 heteroatoms. The van der Waals surface area contributed by atoms with Gasteiger partial charge in [-0.05, 0) is 13.8 Å². The lowest BCUT2D eigenvalue weighted by molar-refractivity contribution is -0.117. The number of furan rings is 1. The van der Waals surface area contributed by atoms with Crippen LogP contribution in [0.15, 0.2) is 4.42 Å². The molecule has 2 rings (SSSR count). The molecule has 4 nitrogen and oxygen atoms in total. The first-order valence-corrected chi connectivity index (χ1v) is 5.90. The van der Waals surface area contributed by atoms with Crippen LogP contribution < -0.4 is 4.90 Å². The number of halogens is 1. The van der Waals surface area contributed by atoms with Crippen LogP contribution in [0.3, 0.4) is 0 Å². The van der Waals surface area contributed by atoms with E-state index in [1.807, 2.05) is 6.92 Å². The second-order valence-corrected chi connectivity index (χ2v) is 5.18. The first kappa shape index (κ1) is 11.2. The van der Waals surface area contributed by atoms with Crippen LogP contribution in [-0.2, 0) is 4.79 Å². The van der Waals surface area contributed by atoms with Gasteiger partial charge in [0, 0.05) is 23.4 Å². The van der Waals surface area contributed by atoms with Crippen LogP contribution in [0.1, 0.15) is 23.3 Å². The third kappa shape index (κ3) is 1.63. The van der Waals surface area contributed by atoms with Gasteiger partial charge in [0.1, 0.15) is 17.4 Å². The monoisotopic (exact) mass is 282 g/mol.